The lowest BCUT2D eigenvalue weighted by molar-refractivity contribution is -0.167. The third-order valence-electron chi connectivity index (χ3n) is 8.04. The lowest BCUT2D eigenvalue weighted by Crippen LogP contribution is -2.30. The van der Waals surface area contributed by atoms with E-state index in [0.29, 0.717) is 25.7 Å². The summed E-state index contributed by atoms with van der Waals surface area (Å²) in [5, 5.41) is 0. The van der Waals surface area contributed by atoms with Crippen LogP contribution >= 0.6 is 0 Å². The van der Waals surface area contributed by atoms with E-state index in [-0.39, 0.29) is 37.5 Å². The maximum atomic E-state index is 12.6. The highest BCUT2D eigenvalue weighted by molar-refractivity contribution is 5.71. The van der Waals surface area contributed by atoms with Crippen LogP contribution in [0.2, 0.25) is 0 Å². The lowest BCUT2D eigenvalue weighted by atomic mass is 10.1. The smallest absolute Gasteiger partial charge is 0.306 e. The Morgan fingerprint density at radius 1 is 0.438 bits per heavy atom. The molecule has 0 aliphatic carbocycles. The molecule has 0 amide bonds. The van der Waals surface area contributed by atoms with E-state index in [1.165, 1.54) is 64.2 Å². The summed E-state index contributed by atoms with van der Waals surface area (Å²) in [5.74, 6) is -0.993. The van der Waals surface area contributed by atoms with Gasteiger partial charge in [-0.1, -0.05) is 121 Å². The molecule has 0 aromatic heterocycles. The van der Waals surface area contributed by atoms with Gasteiger partial charge in [0.05, 0.1) is 0 Å². The quantitative estimate of drug-likeness (QED) is 0.0293. The maximum absolute atomic E-state index is 12.6. The van der Waals surface area contributed by atoms with Crippen molar-refractivity contribution in [2.24, 2.45) is 0 Å². The number of rotatable bonds is 34. The molecule has 1 unspecified atom stereocenters. The van der Waals surface area contributed by atoms with Crippen LogP contribution in [0, 0.1) is 0 Å². The van der Waals surface area contributed by atoms with Crippen LogP contribution in [0.5, 0.6) is 0 Å². The summed E-state index contributed by atoms with van der Waals surface area (Å²) in [7, 11) is 0. The molecule has 0 radical (unpaired) electrons. The molecule has 0 fully saturated rings. The fourth-order valence-corrected chi connectivity index (χ4v) is 5.06. The molecule has 48 heavy (non-hydrogen) atoms. The van der Waals surface area contributed by atoms with Crippen LogP contribution in [0.1, 0.15) is 181 Å². The molecule has 1 atom stereocenters. The van der Waals surface area contributed by atoms with Crippen LogP contribution in [0.4, 0.5) is 0 Å². The second-order valence-corrected chi connectivity index (χ2v) is 12.8. The van der Waals surface area contributed by atoms with Crippen molar-refractivity contribution in [2.75, 3.05) is 13.2 Å². The second-order valence-electron chi connectivity index (χ2n) is 12.8. The molecule has 0 N–H and O–H groups in total. The van der Waals surface area contributed by atoms with E-state index in [2.05, 4.69) is 69.4 Å². The van der Waals surface area contributed by atoms with E-state index in [4.69, 9.17) is 14.2 Å². The molecule has 6 nitrogen and oxygen atoms in total. The lowest BCUT2D eigenvalue weighted by Gasteiger charge is -2.18. The van der Waals surface area contributed by atoms with E-state index < -0.39 is 6.10 Å². The van der Waals surface area contributed by atoms with E-state index in [1.54, 1.807) is 0 Å². The first-order valence-electron chi connectivity index (χ1n) is 19.6. The zero-order chi connectivity index (χ0) is 35.2. The predicted octanol–water partition coefficient (Wildman–Crippen LogP) is 12.0. The third kappa shape index (κ3) is 34.7. The monoisotopic (exact) mass is 673 g/mol. The average molecular weight is 673 g/mol. The highest BCUT2D eigenvalue weighted by Gasteiger charge is 2.19. The van der Waals surface area contributed by atoms with Crippen molar-refractivity contribution in [1.29, 1.82) is 0 Å². The van der Waals surface area contributed by atoms with Gasteiger partial charge in [0.1, 0.15) is 13.2 Å². The van der Waals surface area contributed by atoms with Crippen LogP contribution in [0.3, 0.4) is 0 Å². The molecule has 0 bridgehead atoms. The summed E-state index contributed by atoms with van der Waals surface area (Å²) in [6.45, 7) is 6.35. The van der Waals surface area contributed by atoms with Crippen molar-refractivity contribution in [3.63, 3.8) is 0 Å². The minimum Gasteiger partial charge on any atom is -0.462 e. The SMILES string of the molecule is CC/C=C\C/C=C\CCCCC(=O)OC(COC(=O)CCC/C=C\CCCCCC)COC(=O)CCCCCCC/C=C\CCCCC. The minimum absolute atomic E-state index is 0.1000. The van der Waals surface area contributed by atoms with Crippen LogP contribution in [0.25, 0.3) is 0 Å². The number of esters is 3. The van der Waals surface area contributed by atoms with E-state index >= 15 is 0 Å². The molecule has 0 aliphatic rings. The van der Waals surface area contributed by atoms with E-state index in [0.717, 1.165) is 64.2 Å². The van der Waals surface area contributed by atoms with Gasteiger partial charge >= 0.3 is 17.9 Å². The first-order chi connectivity index (χ1) is 23.5. The van der Waals surface area contributed by atoms with E-state index in [9.17, 15) is 14.4 Å². The van der Waals surface area contributed by atoms with Gasteiger partial charge in [0, 0.05) is 19.3 Å². The van der Waals surface area contributed by atoms with Gasteiger partial charge in [-0.15, -0.1) is 0 Å². The molecule has 0 saturated heterocycles. The first-order valence-corrected chi connectivity index (χ1v) is 19.6. The molecule has 0 saturated carbocycles. The highest BCUT2D eigenvalue weighted by atomic mass is 16.6. The first kappa shape index (κ1) is 45.4. The Hall–Kier alpha value is -2.63. The number of carbonyl (C=O) groups excluding carboxylic acids is 3. The highest BCUT2D eigenvalue weighted by Crippen LogP contribution is 2.11. The molecule has 276 valence electrons. The minimum atomic E-state index is -0.798. The molecular weight excluding hydrogens is 600 g/mol. The van der Waals surface area contributed by atoms with Gasteiger partial charge < -0.3 is 14.2 Å². The van der Waals surface area contributed by atoms with Crippen molar-refractivity contribution in [3.8, 4) is 0 Å². The Labute approximate surface area is 295 Å². The summed E-state index contributed by atoms with van der Waals surface area (Å²) in [4.78, 5) is 37.3. The number of carbonyl (C=O) groups is 3. The molecular formula is C42H72O6. The summed E-state index contributed by atoms with van der Waals surface area (Å²) in [6.07, 6.45) is 41.1. The summed E-state index contributed by atoms with van der Waals surface area (Å²) >= 11 is 0. The van der Waals surface area contributed by atoms with Gasteiger partial charge in [0.25, 0.3) is 0 Å². The number of hydrogen-bond donors (Lipinski definition) is 0. The molecule has 0 heterocycles. The summed E-state index contributed by atoms with van der Waals surface area (Å²) in [6, 6.07) is 0. The van der Waals surface area contributed by atoms with Crippen LogP contribution in [-0.4, -0.2) is 37.2 Å². The summed E-state index contributed by atoms with van der Waals surface area (Å²) < 4.78 is 16.5. The van der Waals surface area contributed by atoms with Gasteiger partial charge in [-0.05, 0) is 89.9 Å². The maximum Gasteiger partial charge on any atom is 0.306 e. The number of unbranched alkanes of at least 4 members (excludes halogenated alkanes) is 15. The largest absolute Gasteiger partial charge is 0.462 e. The van der Waals surface area contributed by atoms with Gasteiger partial charge in [-0.3, -0.25) is 14.4 Å². The average Bonchev–Trinajstić information content (AvgIpc) is 3.08. The van der Waals surface area contributed by atoms with Crippen molar-refractivity contribution in [1.82, 2.24) is 0 Å². The Morgan fingerprint density at radius 2 is 0.833 bits per heavy atom. The second kappa shape index (κ2) is 37.2. The number of hydrogen-bond acceptors (Lipinski definition) is 6. The Kier molecular flexibility index (Phi) is 35.2. The fourth-order valence-electron chi connectivity index (χ4n) is 5.06. The van der Waals surface area contributed by atoms with E-state index in [1.807, 2.05) is 0 Å². The number of ether oxygens (including phenoxy) is 3. The Balaban J connectivity index is 4.45. The van der Waals surface area contributed by atoms with Gasteiger partial charge in [-0.25, -0.2) is 0 Å². The Bertz CT molecular complexity index is 871. The van der Waals surface area contributed by atoms with Gasteiger partial charge in [0.2, 0.25) is 0 Å². The van der Waals surface area contributed by atoms with Crippen LogP contribution < -0.4 is 0 Å². The van der Waals surface area contributed by atoms with Gasteiger partial charge in [-0.2, -0.15) is 0 Å². The van der Waals surface area contributed by atoms with Crippen molar-refractivity contribution >= 4 is 17.9 Å². The van der Waals surface area contributed by atoms with Crippen molar-refractivity contribution in [3.05, 3.63) is 48.6 Å². The zero-order valence-corrected chi connectivity index (χ0v) is 31.2. The molecule has 0 spiro atoms. The molecule has 6 heteroatoms. The fraction of sp³-hybridized carbons (Fsp3) is 0.738. The van der Waals surface area contributed by atoms with Crippen LogP contribution in [0.15, 0.2) is 48.6 Å². The molecule has 0 aliphatic heterocycles. The van der Waals surface area contributed by atoms with Crippen molar-refractivity contribution < 1.29 is 28.6 Å². The third-order valence-corrected chi connectivity index (χ3v) is 8.04. The summed E-state index contributed by atoms with van der Waals surface area (Å²) in [5.41, 5.74) is 0. The number of allylic oxidation sites excluding steroid dienone is 8. The topological polar surface area (TPSA) is 78.9 Å². The van der Waals surface area contributed by atoms with Crippen LogP contribution in [-0.2, 0) is 28.6 Å². The standard InChI is InChI=1S/C42H72O6/c1-4-7-10-13-16-19-20-21-24-26-29-32-35-41(44)47-38-39(48-42(45)36-33-30-27-23-18-15-12-9-6-3)37-46-40(43)34-31-28-25-22-17-14-11-8-5-2/h9,12,16,18-19,22-23,25,39H,4-8,10-11,13-15,17,20-21,24,26-38H2,1-3H3/b12-9-,19-16-,23-18-,25-22-. The normalized spacial score (nSPS) is 12.5. The zero-order valence-electron chi connectivity index (χ0n) is 31.2. The Morgan fingerprint density at radius 3 is 1.44 bits per heavy atom. The molecule has 0 aromatic carbocycles. The molecule has 0 aromatic rings. The van der Waals surface area contributed by atoms with Gasteiger partial charge in [0.15, 0.2) is 6.10 Å². The predicted molar refractivity (Wildman–Crippen MR) is 201 cm³/mol. The van der Waals surface area contributed by atoms with Crippen molar-refractivity contribution in [2.45, 2.75) is 187 Å². The molecule has 0 rings (SSSR count).